The summed E-state index contributed by atoms with van der Waals surface area (Å²) in [6.45, 7) is 0. The van der Waals surface area contributed by atoms with Crippen molar-refractivity contribution in [3.63, 3.8) is 0 Å². The smallest absolute Gasteiger partial charge is 0.283 e. The highest BCUT2D eigenvalue weighted by Crippen LogP contribution is 2.37. The summed E-state index contributed by atoms with van der Waals surface area (Å²) in [5.74, 6) is 0.753. The van der Waals surface area contributed by atoms with Gasteiger partial charge in [0.2, 0.25) is 0 Å². The molecule has 0 saturated heterocycles. The summed E-state index contributed by atoms with van der Waals surface area (Å²) in [7, 11) is 0. The van der Waals surface area contributed by atoms with Gasteiger partial charge in [0.15, 0.2) is 5.17 Å². The minimum Gasteiger partial charge on any atom is -0.457 e. The second kappa shape index (κ2) is 7.48. The van der Waals surface area contributed by atoms with Crippen molar-refractivity contribution in [1.29, 1.82) is 5.41 Å². The fourth-order valence-corrected chi connectivity index (χ4v) is 4.27. The lowest BCUT2D eigenvalue weighted by atomic mass is 10.1. The molecule has 1 amide bonds. The summed E-state index contributed by atoms with van der Waals surface area (Å²) in [6.07, 6.45) is 1.57. The molecule has 1 aromatic heterocycles. The number of hydrogen-bond acceptors (Lipinski definition) is 4. The third kappa shape index (κ3) is 3.30. The summed E-state index contributed by atoms with van der Waals surface area (Å²) < 4.78 is 5.88. The first-order valence-electron chi connectivity index (χ1n) is 9.12. The molecule has 0 saturated carbocycles. The predicted octanol–water partition coefficient (Wildman–Crippen LogP) is 5.90. The molecule has 5 nitrogen and oxygen atoms in total. The number of nitrogens with one attached hydrogen (secondary N) is 1. The van der Waals surface area contributed by atoms with Crippen molar-refractivity contribution in [1.82, 2.24) is 4.90 Å². The number of rotatable bonds is 3. The van der Waals surface area contributed by atoms with Gasteiger partial charge in [-0.1, -0.05) is 53.7 Å². The molecular formula is C23H14ClN3O2S. The van der Waals surface area contributed by atoms with Crippen molar-refractivity contribution in [2.24, 2.45) is 4.99 Å². The number of halogens is 1. The number of amidine groups is 2. The van der Waals surface area contributed by atoms with Crippen LogP contribution in [0.4, 0.5) is 0 Å². The number of furan rings is 1. The van der Waals surface area contributed by atoms with Gasteiger partial charge in [0, 0.05) is 16.0 Å². The van der Waals surface area contributed by atoms with Gasteiger partial charge in [0.1, 0.15) is 17.4 Å². The molecule has 3 heterocycles. The van der Waals surface area contributed by atoms with E-state index in [2.05, 4.69) is 4.99 Å². The van der Waals surface area contributed by atoms with Gasteiger partial charge in [-0.2, -0.15) is 4.99 Å². The van der Waals surface area contributed by atoms with E-state index in [0.29, 0.717) is 21.7 Å². The molecule has 0 fully saturated rings. The number of amides is 1. The van der Waals surface area contributed by atoms with Crippen LogP contribution < -0.4 is 0 Å². The molecule has 2 aliphatic heterocycles. The number of aliphatic imine (C=N–C) groups is 1. The third-order valence-electron chi connectivity index (χ3n) is 4.73. The predicted molar refractivity (Wildman–Crippen MR) is 121 cm³/mol. The van der Waals surface area contributed by atoms with Crippen LogP contribution in [0, 0.1) is 5.41 Å². The fourth-order valence-electron chi connectivity index (χ4n) is 3.26. The second-order valence-electron chi connectivity index (χ2n) is 6.64. The van der Waals surface area contributed by atoms with Crippen LogP contribution in [-0.2, 0) is 4.79 Å². The maximum absolute atomic E-state index is 12.6. The lowest BCUT2D eigenvalue weighted by Gasteiger charge is -2.26. The number of fused-ring (bicyclic) bond motifs is 1. The van der Waals surface area contributed by atoms with E-state index < -0.39 is 5.91 Å². The minimum atomic E-state index is -0.453. The monoisotopic (exact) mass is 431 g/mol. The van der Waals surface area contributed by atoms with E-state index in [9.17, 15) is 4.79 Å². The summed E-state index contributed by atoms with van der Waals surface area (Å²) in [6, 6.07) is 20.6. The van der Waals surface area contributed by atoms with Crippen LogP contribution in [0.15, 0.2) is 87.1 Å². The van der Waals surface area contributed by atoms with Gasteiger partial charge in [-0.15, -0.1) is 0 Å². The first kappa shape index (κ1) is 18.7. The van der Waals surface area contributed by atoms with Crippen molar-refractivity contribution in [2.75, 3.05) is 0 Å². The van der Waals surface area contributed by atoms with Crippen molar-refractivity contribution >= 4 is 52.0 Å². The number of carbonyl (C=O) groups is 1. The van der Waals surface area contributed by atoms with Crippen molar-refractivity contribution in [3.05, 3.63) is 94.1 Å². The average Bonchev–Trinajstić information content (AvgIpc) is 3.39. The topological polar surface area (TPSA) is 69.7 Å². The molecule has 5 rings (SSSR count). The van der Waals surface area contributed by atoms with E-state index in [-0.39, 0.29) is 11.4 Å². The first-order chi connectivity index (χ1) is 14.6. The number of nitrogens with zero attached hydrogens (tertiary/aromatic N) is 2. The highest BCUT2D eigenvalue weighted by atomic mass is 35.5. The van der Waals surface area contributed by atoms with Gasteiger partial charge in [-0.05, 0) is 48.0 Å². The molecule has 2 aliphatic rings. The zero-order valence-electron chi connectivity index (χ0n) is 15.5. The van der Waals surface area contributed by atoms with Crippen LogP contribution in [0.2, 0.25) is 5.02 Å². The maximum Gasteiger partial charge on any atom is 0.283 e. The summed E-state index contributed by atoms with van der Waals surface area (Å²) >= 11 is 7.28. The molecular weight excluding hydrogens is 418 g/mol. The Balaban J connectivity index is 1.48. The van der Waals surface area contributed by atoms with Crippen LogP contribution in [0.3, 0.4) is 0 Å². The Morgan fingerprint density at radius 1 is 1.00 bits per heavy atom. The van der Waals surface area contributed by atoms with Gasteiger partial charge < -0.3 is 4.42 Å². The van der Waals surface area contributed by atoms with Gasteiger partial charge in [0.25, 0.3) is 5.91 Å². The number of benzene rings is 2. The zero-order chi connectivity index (χ0) is 20.7. The summed E-state index contributed by atoms with van der Waals surface area (Å²) in [5, 5.41) is 11.7. The maximum atomic E-state index is 12.6. The van der Waals surface area contributed by atoms with Gasteiger partial charge >= 0.3 is 0 Å². The number of thioether (sulfide) groups is 1. The molecule has 0 aliphatic carbocycles. The molecule has 0 spiro atoms. The molecule has 0 unspecified atom stereocenters. The lowest BCUT2D eigenvalue weighted by molar-refractivity contribution is -0.114. The highest BCUT2D eigenvalue weighted by Gasteiger charge is 2.36. The average molecular weight is 432 g/mol. The quantitative estimate of drug-likeness (QED) is 0.524. The molecule has 0 radical (unpaired) electrons. The molecule has 0 bridgehead atoms. The van der Waals surface area contributed by atoms with E-state index in [4.69, 9.17) is 21.4 Å². The van der Waals surface area contributed by atoms with Crippen LogP contribution in [0.25, 0.3) is 23.1 Å². The van der Waals surface area contributed by atoms with E-state index in [1.165, 1.54) is 11.8 Å². The standard InChI is InChI=1S/C23H14ClN3O2S/c24-16-8-6-15(7-9-16)20-11-10-17(29-20)12-18-21(25)27-19(14-4-2-1-3-5-14)13-30-23(27)26-22(18)28/h1-13,25H/b18-12-,25-21?. The second-order valence-corrected chi connectivity index (χ2v) is 7.91. The van der Waals surface area contributed by atoms with Crippen LogP contribution in [-0.4, -0.2) is 21.8 Å². The Kier molecular flexibility index (Phi) is 4.65. The van der Waals surface area contributed by atoms with Gasteiger partial charge in [-0.25, -0.2) is 0 Å². The largest absolute Gasteiger partial charge is 0.457 e. The molecule has 0 atom stereocenters. The molecule has 2 aromatic carbocycles. The van der Waals surface area contributed by atoms with Gasteiger partial charge in [-0.3, -0.25) is 15.1 Å². The Bertz CT molecular complexity index is 1260. The van der Waals surface area contributed by atoms with Crippen LogP contribution in [0.5, 0.6) is 0 Å². The van der Waals surface area contributed by atoms with E-state index in [1.54, 1.807) is 29.2 Å². The van der Waals surface area contributed by atoms with Crippen LogP contribution in [0.1, 0.15) is 11.3 Å². The number of hydrogen-bond donors (Lipinski definition) is 1. The van der Waals surface area contributed by atoms with Crippen molar-refractivity contribution in [2.45, 2.75) is 0 Å². The van der Waals surface area contributed by atoms with Crippen molar-refractivity contribution < 1.29 is 9.21 Å². The highest BCUT2D eigenvalue weighted by molar-refractivity contribution is 8.17. The fraction of sp³-hybridized carbons (Fsp3) is 0. The Morgan fingerprint density at radius 3 is 2.53 bits per heavy atom. The molecule has 7 heteroatoms. The Labute approximate surface area is 181 Å². The first-order valence-corrected chi connectivity index (χ1v) is 10.4. The zero-order valence-corrected chi connectivity index (χ0v) is 17.1. The van der Waals surface area contributed by atoms with E-state index in [1.807, 2.05) is 53.9 Å². The minimum absolute atomic E-state index is 0.0783. The molecule has 1 N–H and O–H groups in total. The summed E-state index contributed by atoms with van der Waals surface area (Å²) in [4.78, 5) is 18.5. The Morgan fingerprint density at radius 2 is 1.77 bits per heavy atom. The molecule has 146 valence electrons. The summed E-state index contributed by atoms with van der Waals surface area (Å²) in [5.41, 5.74) is 2.83. The van der Waals surface area contributed by atoms with E-state index >= 15 is 0 Å². The third-order valence-corrected chi connectivity index (χ3v) is 5.80. The molecule has 30 heavy (non-hydrogen) atoms. The molecule has 3 aromatic rings. The van der Waals surface area contributed by atoms with Gasteiger partial charge in [0.05, 0.1) is 11.3 Å². The van der Waals surface area contributed by atoms with Crippen LogP contribution >= 0.6 is 23.4 Å². The number of carbonyl (C=O) groups excluding carboxylic acids is 1. The van der Waals surface area contributed by atoms with Crippen molar-refractivity contribution in [3.8, 4) is 11.3 Å². The SMILES string of the molecule is N=C1/C(=C/c2ccc(-c3ccc(Cl)cc3)o2)C(=O)N=C2SC=C(c3ccccc3)N12. The Hall–Kier alpha value is -3.35. The lowest BCUT2D eigenvalue weighted by Crippen LogP contribution is -2.37. The van der Waals surface area contributed by atoms with E-state index in [0.717, 1.165) is 16.8 Å². The normalized spacial score (nSPS) is 17.2.